The molecule has 0 amide bonds. The topological polar surface area (TPSA) is 56.7 Å². The average molecular weight is 765 g/mol. The van der Waals surface area contributed by atoms with E-state index in [1.54, 1.807) is 0 Å². The molecule has 0 bridgehead atoms. The molecular weight excluding hydrogens is 733 g/mol. The Balaban J connectivity index is 1.11. The molecular formula is C55H32N4O. The molecule has 0 aliphatic carbocycles. The smallest absolute Gasteiger partial charge is 0.167 e. The molecule has 0 atom stereocenters. The highest BCUT2D eigenvalue weighted by molar-refractivity contribution is 6.22. The lowest BCUT2D eigenvalue weighted by Crippen LogP contribution is -2.01. The number of furan rings is 1. The molecule has 0 spiro atoms. The molecule has 5 heteroatoms. The van der Waals surface area contributed by atoms with E-state index in [4.69, 9.17) is 19.4 Å². The second kappa shape index (κ2) is 12.7. The Morgan fingerprint density at radius 3 is 1.77 bits per heavy atom. The lowest BCUT2D eigenvalue weighted by Gasteiger charge is -2.13. The van der Waals surface area contributed by atoms with E-state index < -0.39 is 0 Å². The zero-order chi connectivity index (χ0) is 39.3. The van der Waals surface area contributed by atoms with Gasteiger partial charge in [-0.15, -0.1) is 0 Å². The highest BCUT2D eigenvalue weighted by Crippen LogP contribution is 2.44. The third-order valence-electron chi connectivity index (χ3n) is 12.2. The van der Waals surface area contributed by atoms with E-state index >= 15 is 0 Å². The summed E-state index contributed by atoms with van der Waals surface area (Å²) in [5, 5.41) is 13.8. The molecule has 0 radical (unpaired) electrons. The largest absolute Gasteiger partial charge is 0.455 e. The standard InChI is InChI=1S/C55H32N4O/c1-2-14-35(15-3-1)53-56-54(39-25-26-41-38(30-39)23-22-33-12-6-8-18-40(33)41)58-55(57-53)45-28-29-48(50-44-27-24-34-13-7-9-19-42(34)51(44)60-52(45)50)59-47-21-11-10-20-43(47)46-31-36-16-4-5-17-37(36)32-49(46)59/h1-32H. The van der Waals surface area contributed by atoms with Gasteiger partial charge in [-0.05, 0) is 80.2 Å². The summed E-state index contributed by atoms with van der Waals surface area (Å²) in [6.45, 7) is 0. The van der Waals surface area contributed by atoms with E-state index in [1.165, 1.54) is 37.7 Å². The van der Waals surface area contributed by atoms with Crippen LogP contribution in [0.25, 0.3) is 127 Å². The zero-order valence-electron chi connectivity index (χ0n) is 32.2. The monoisotopic (exact) mass is 764 g/mol. The van der Waals surface area contributed by atoms with Crippen LogP contribution in [0.1, 0.15) is 0 Å². The summed E-state index contributed by atoms with van der Waals surface area (Å²) in [6.07, 6.45) is 0. The van der Waals surface area contributed by atoms with Crippen LogP contribution in [0.15, 0.2) is 199 Å². The van der Waals surface area contributed by atoms with Crippen LogP contribution < -0.4 is 0 Å². The molecule has 0 aliphatic heterocycles. The predicted molar refractivity (Wildman–Crippen MR) is 248 cm³/mol. The third kappa shape index (κ3) is 4.90. The first-order valence-corrected chi connectivity index (χ1v) is 20.3. The van der Waals surface area contributed by atoms with Gasteiger partial charge in [0.05, 0.1) is 27.7 Å². The third-order valence-corrected chi connectivity index (χ3v) is 12.2. The Kier molecular flexibility index (Phi) is 6.95. The number of fused-ring (bicyclic) bond motifs is 12. The summed E-state index contributed by atoms with van der Waals surface area (Å²) in [5.74, 6) is 1.75. The number of benzene rings is 10. The van der Waals surface area contributed by atoms with Crippen LogP contribution in [-0.2, 0) is 0 Å². The van der Waals surface area contributed by atoms with Crippen LogP contribution >= 0.6 is 0 Å². The first kappa shape index (κ1) is 32.9. The summed E-state index contributed by atoms with van der Waals surface area (Å²) in [5.41, 5.74) is 7.49. The molecule has 0 saturated heterocycles. The lowest BCUT2D eigenvalue weighted by molar-refractivity contribution is 0.673. The Labute approximate surface area is 343 Å². The first-order valence-electron chi connectivity index (χ1n) is 20.3. The summed E-state index contributed by atoms with van der Waals surface area (Å²) >= 11 is 0. The van der Waals surface area contributed by atoms with Crippen molar-refractivity contribution < 1.29 is 4.42 Å². The van der Waals surface area contributed by atoms with E-state index in [0.29, 0.717) is 17.5 Å². The van der Waals surface area contributed by atoms with Gasteiger partial charge in [-0.1, -0.05) is 152 Å². The van der Waals surface area contributed by atoms with Gasteiger partial charge in [0.25, 0.3) is 0 Å². The maximum Gasteiger partial charge on any atom is 0.167 e. The Hall–Kier alpha value is -8.15. The van der Waals surface area contributed by atoms with E-state index in [1.807, 2.05) is 30.3 Å². The van der Waals surface area contributed by atoms with E-state index in [0.717, 1.165) is 71.5 Å². The fraction of sp³-hybridized carbons (Fsp3) is 0. The summed E-state index contributed by atoms with van der Waals surface area (Å²) < 4.78 is 9.56. The van der Waals surface area contributed by atoms with Crippen LogP contribution in [0.5, 0.6) is 0 Å². The number of hydrogen-bond acceptors (Lipinski definition) is 4. The molecule has 13 rings (SSSR count). The zero-order valence-corrected chi connectivity index (χ0v) is 32.2. The van der Waals surface area contributed by atoms with Crippen LogP contribution in [0.3, 0.4) is 0 Å². The number of nitrogens with zero attached hydrogens (tertiary/aromatic N) is 4. The molecule has 0 fully saturated rings. The van der Waals surface area contributed by atoms with Gasteiger partial charge >= 0.3 is 0 Å². The molecule has 3 aromatic heterocycles. The van der Waals surface area contributed by atoms with Gasteiger partial charge in [-0.2, -0.15) is 0 Å². The van der Waals surface area contributed by atoms with Crippen LogP contribution in [0.2, 0.25) is 0 Å². The fourth-order valence-electron chi connectivity index (χ4n) is 9.36. The first-order chi connectivity index (χ1) is 29.7. The van der Waals surface area contributed by atoms with Crippen LogP contribution in [0, 0.1) is 0 Å². The Bertz CT molecular complexity index is 3900. The van der Waals surface area contributed by atoms with Crippen molar-refractivity contribution in [3.05, 3.63) is 194 Å². The molecule has 13 aromatic rings. The van der Waals surface area contributed by atoms with Crippen molar-refractivity contribution >= 4 is 86.8 Å². The molecule has 10 aromatic carbocycles. The Morgan fingerprint density at radius 2 is 0.933 bits per heavy atom. The van der Waals surface area contributed by atoms with Gasteiger partial charge < -0.3 is 8.98 Å². The van der Waals surface area contributed by atoms with Gasteiger partial charge in [0.15, 0.2) is 17.5 Å². The summed E-state index contributed by atoms with van der Waals surface area (Å²) in [6, 6.07) is 68.6. The van der Waals surface area contributed by atoms with Gasteiger partial charge in [0, 0.05) is 32.7 Å². The molecule has 0 N–H and O–H groups in total. The molecule has 278 valence electrons. The van der Waals surface area contributed by atoms with Crippen molar-refractivity contribution in [1.82, 2.24) is 19.5 Å². The second-order valence-corrected chi connectivity index (χ2v) is 15.6. The Morgan fingerprint density at radius 1 is 0.333 bits per heavy atom. The van der Waals surface area contributed by atoms with E-state index in [2.05, 4.69) is 168 Å². The van der Waals surface area contributed by atoms with Crippen molar-refractivity contribution in [2.75, 3.05) is 0 Å². The maximum atomic E-state index is 7.16. The minimum atomic E-state index is 0.547. The fourth-order valence-corrected chi connectivity index (χ4v) is 9.36. The molecule has 60 heavy (non-hydrogen) atoms. The van der Waals surface area contributed by atoms with Gasteiger partial charge in [0.1, 0.15) is 11.2 Å². The molecule has 3 heterocycles. The summed E-state index contributed by atoms with van der Waals surface area (Å²) in [4.78, 5) is 15.6. The molecule has 0 aliphatic rings. The van der Waals surface area contributed by atoms with Gasteiger partial charge in [-0.3, -0.25) is 0 Å². The van der Waals surface area contributed by atoms with Crippen LogP contribution in [0.4, 0.5) is 0 Å². The number of aromatic nitrogens is 4. The quantitative estimate of drug-likeness (QED) is 0.167. The van der Waals surface area contributed by atoms with Gasteiger partial charge in [-0.25, -0.2) is 15.0 Å². The van der Waals surface area contributed by atoms with Crippen molar-refractivity contribution in [2.45, 2.75) is 0 Å². The number of rotatable bonds is 4. The molecule has 0 unspecified atom stereocenters. The normalized spacial score (nSPS) is 12.0. The average Bonchev–Trinajstić information content (AvgIpc) is 3.87. The molecule has 5 nitrogen and oxygen atoms in total. The van der Waals surface area contributed by atoms with Crippen molar-refractivity contribution in [1.29, 1.82) is 0 Å². The van der Waals surface area contributed by atoms with Crippen molar-refractivity contribution in [3.8, 4) is 39.9 Å². The van der Waals surface area contributed by atoms with Gasteiger partial charge in [0.2, 0.25) is 0 Å². The van der Waals surface area contributed by atoms with E-state index in [9.17, 15) is 0 Å². The van der Waals surface area contributed by atoms with Crippen LogP contribution in [-0.4, -0.2) is 19.5 Å². The van der Waals surface area contributed by atoms with Crippen molar-refractivity contribution in [3.63, 3.8) is 0 Å². The number of para-hydroxylation sites is 1. The SMILES string of the molecule is c1ccc(-c2nc(-c3ccc4c(ccc5ccccc54)c3)nc(-c3ccc(-n4c5ccccc5c5cc6ccccc6cc54)c4c3oc3c5ccccc5ccc34)n2)cc1. The second-order valence-electron chi connectivity index (χ2n) is 15.6. The van der Waals surface area contributed by atoms with E-state index in [-0.39, 0.29) is 0 Å². The highest BCUT2D eigenvalue weighted by atomic mass is 16.3. The highest BCUT2D eigenvalue weighted by Gasteiger charge is 2.24. The number of hydrogen-bond donors (Lipinski definition) is 0. The minimum Gasteiger partial charge on any atom is -0.455 e. The lowest BCUT2D eigenvalue weighted by atomic mass is 10.00. The maximum absolute atomic E-state index is 7.16. The summed E-state index contributed by atoms with van der Waals surface area (Å²) in [7, 11) is 0. The predicted octanol–water partition coefficient (Wildman–Crippen LogP) is 14.5. The van der Waals surface area contributed by atoms with Crippen molar-refractivity contribution in [2.24, 2.45) is 0 Å². The molecule has 0 saturated carbocycles. The minimum absolute atomic E-state index is 0.547.